The van der Waals surface area contributed by atoms with Gasteiger partial charge in [-0.3, -0.25) is 0 Å². The summed E-state index contributed by atoms with van der Waals surface area (Å²) < 4.78 is 0. The van der Waals surface area contributed by atoms with Gasteiger partial charge in [-0.25, -0.2) is 0 Å². The van der Waals surface area contributed by atoms with E-state index in [1.807, 2.05) is 0 Å². The Labute approximate surface area is 110 Å². The van der Waals surface area contributed by atoms with Crippen LogP contribution in [0.4, 0.5) is 0 Å². The smallest absolute Gasteiger partial charge is 0.0607 e. The molecule has 106 valence electrons. The molecule has 1 heterocycles. The lowest BCUT2D eigenvalue weighted by Gasteiger charge is -2.41. The van der Waals surface area contributed by atoms with Crippen LogP contribution in [0.5, 0.6) is 0 Å². The van der Waals surface area contributed by atoms with Crippen LogP contribution in [0.15, 0.2) is 0 Å². The number of aliphatic hydroxyl groups excluding tert-OH is 2. The second-order valence-electron chi connectivity index (χ2n) is 5.84. The van der Waals surface area contributed by atoms with Gasteiger partial charge in [0, 0.05) is 12.1 Å². The molecule has 3 unspecified atom stereocenters. The van der Waals surface area contributed by atoms with Crippen LogP contribution in [0, 0.1) is 5.92 Å². The number of piperidine rings is 1. The molecule has 1 saturated heterocycles. The van der Waals surface area contributed by atoms with Crippen LogP contribution >= 0.6 is 0 Å². The molecule has 0 amide bonds. The summed E-state index contributed by atoms with van der Waals surface area (Å²) in [6.45, 7) is 1.20. The van der Waals surface area contributed by atoms with Crippen LogP contribution in [-0.2, 0) is 0 Å². The lowest BCUT2D eigenvalue weighted by atomic mass is 9.77. The zero-order valence-electron chi connectivity index (χ0n) is 11.3. The minimum atomic E-state index is -0.154. The molecule has 0 aromatic rings. The van der Waals surface area contributed by atoms with Gasteiger partial charge in [-0.15, -0.1) is 0 Å². The molecule has 0 radical (unpaired) electrons. The summed E-state index contributed by atoms with van der Waals surface area (Å²) in [6.07, 6.45) is 8.97. The fourth-order valence-electron chi connectivity index (χ4n) is 3.56. The molecule has 0 aromatic carbocycles. The van der Waals surface area contributed by atoms with E-state index in [2.05, 4.69) is 10.6 Å². The van der Waals surface area contributed by atoms with Gasteiger partial charge in [-0.05, 0) is 38.1 Å². The molecule has 4 nitrogen and oxygen atoms in total. The van der Waals surface area contributed by atoms with Crippen LogP contribution < -0.4 is 10.6 Å². The molecule has 0 aromatic heterocycles. The zero-order valence-corrected chi connectivity index (χ0v) is 11.3. The molecular weight excluding hydrogens is 228 g/mol. The van der Waals surface area contributed by atoms with Crippen molar-refractivity contribution in [2.75, 3.05) is 19.8 Å². The monoisotopic (exact) mass is 256 g/mol. The van der Waals surface area contributed by atoms with Crippen molar-refractivity contribution in [1.82, 2.24) is 10.6 Å². The van der Waals surface area contributed by atoms with E-state index in [1.165, 1.54) is 44.9 Å². The molecule has 0 spiro atoms. The third-order valence-electron chi connectivity index (χ3n) is 4.58. The molecule has 1 saturated carbocycles. The molecule has 3 atom stereocenters. The van der Waals surface area contributed by atoms with E-state index in [0.29, 0.717) is 18.0 Å². The average Bonchev–Trinajstić information content (AvgIpc) is 2.46. The second kappa shape index (κ2) is 7.43. The Morgan fingerprint density at radius 2 is 1.72 bits per heavy atom. The lowest BCUT2D eigenvalue weighted by molar-refractivity contribution is 0.121. The summed E-state index contributed by atoms with van der Waals surface area (Å²) in [6, 6.07) is 0.937. The van der Waals surface area contributed by atoms with Crippen molar-refractivity contribution in [3.05, 3.63) is 0 Å². The van der Waals surface area contributed by atoms with E-state index in [0.717, 1.165) is 6.54 Å². The lowest BCUT2D eigenvalue weighted by Crippen LogP contribution is -2.54. The van der Waals surface area contributed by atoms with Gasteiger partial charge < -0.3 is 20.8 Å². The van der Waals surface area contributed by atoms with Crippen molar-refractivity contribution in [3.63, 3.8) is 0 Å². The first-order valence-electron chi connectivity index (χ1n) is 7.56. The maximum Gasteiger partial charge on any atom is 0.0607 e. The molecule has 0 bridgehead atoms. The van der Waals surface area contributed by atoms with Crippen LogP contribution in [0.2, 0.25) is 0 Å². The highest BCUT2D eigenvalue weighted by Crippen LogP contribution is 2.30. The van der Waals surface area contributed by atoms with E-state index >= 15 is 0 Å². The predicted octanol–water partition coefficient (Wildman–Crippen LogP) is 0.630. The summed E-state index contributed by atoms with van der Waals surface area (Å²) >= 11 is 0. The fourth-order valence-corrected chi connectivity index (χ4v) is 3.56. The van der Waals surface area contributed by atoms with Gasteiger partial charge in [-0.2, -0.15) is 0 Å². The zero-order chi connectivity index (χ0) is 12.8. The average molecular weight is 256 g/mol. The Morgan fingerprint density at radius 3 is 2.39 bits per heavy atom. The Morgan fingerprint density at radius 1 is 1.00 bits per heavy atom. The highest BCUT2D eigenvalue weighted by atomic mass is 16.3. The maximum absolute atomic E-state index is 9.22. The molecule has 2 fully saturated rings. The predicted molar refractivity (Wildman–Crippen MR) is 72.5 cm³/mol. The molecular formula is C14H28N2O2. The highest BCUT2D eigenvalue weighted by Gasteiger charge is 2.33. The van der Waals surface area contributed by atoms with Gasteiger partial charge in [0.05, 0.1) is 19.3 Å². The number of hydrogen-bond donors (Lipinski definition) is 4. The van der Waals surface area contributed by atoms with Crippen molar-refractivity contribution < 1.29 is 10.2 Å². The first-order chi connectivity index (χ1) is 8.85. The summed E-state index contributed by atoms with van der Waals surface area (Å²) in [5.74, 6) is 0.666. The summed E-state index contributed by atoms with van der Waals surface area (Å²) in [4.78, 5) is 0. The third-order valence-corrected chi connectivity index (χ3v) is 4.58. The van der Waals surface area contributed by atoms with Crippen LogP contribution in [0.25, 0.3) is 0 Å². The van der Waals surface area contributed by atoms with Crippen molar-refractivity contribution in [3.8, 4) is 0 Å². The standard InChI is InChI=1S/C14H28N2O2/c17-9-11(10-18)16-14-7-2-1-5-12(14)13-6-3-4-8-15-13/h11-18H,1-10H2. The number of nitrogens with one attached hydrogen (secondary N) is 2. The van der Waals surface area contributed by atoms with E-state index in [-0.39, 0.29) is 19.3 Å². The quantitative estimate of drug-likeness (QED) is 0.582. The molecule has 18 heavy (non-hydrogen) atoms. The van der Waals surface area contributed by atoms with E-state index < -0.39 is 0 Å². The Bertz CT molecular complexity index is 228. The largest absolute Gasteiger partial charge is 0.395 e. The van der Waals surface area contributed by atoms with Gasteiger partial charge in [0.1, 0.15) is 0 Å². The van der Waals surface area contributed by atoms with Gasteiger partial charge in [0.25, 0.3) is 0 Å². The minimum absolute atomic E-state index is 0.0256. The maximum atomic E-state index is 9.22. The number of aliphatic hydroxyl groups is 2. The molecule has 4 heteroatoms. The van der Waals surface area contributed by atoms with Crippen LogP contribution in [0.3, 0.4) is 0 Å². The molecule has 2 aliphatic rings. The van der Waals surface area contributed by atoms with Gasteiger partial charge >= 0.3 is 0 Å². The van der Waals surface area contributed by atoms with E-state index in [4.69, 9.17) is 0 Å². The van der Waals surface area contributed by atoms with Crippen molar-refractivity contribution in [2.24, 2.45) is 5.92 Å². The second-order valence-corrected chi connectivity index (χ2v) is 5.84. The van der Waals surface area contributed by atoms with Crippen LogP contribution in [0.1, 0.15) is 44.9 Å². The van der Waals surface area contributed by atoms with Gasteiger partial charge in [0.2, 0.25) is 0 Å². The first kappa shape index (κ1) is 14.3. The Hall–Kier alpha value is -0.160. The molecule has 4 N–H and O–H groups in total. The highest BCUT2D eigenvalue weighted by molar-refractivity contribution is 4.91. The number of rotatable bonds is 5. The third kappa shape index (κ3) is 3.67. The first-order valence-corrected chi connectivity index (χ1v) is 7.56. The Kier molecular flexibility index (Phi) is 5.89. The number of hydrogen-bond acceptors (Lipinski definition) is 4. The van der Waals surface area contributed by atoms with E-state index in [9.17, 15) is 10.2 Å². The summed E-state index contributed by atoms with van der Waals surface area (Å²) in [7, 11) is 0. The fraction of sp³-hybridized carbons (Fsp3) is 1.00. The molecule has 2 rings (SSSR count). The normalized spacial score (nSPS) is 33.8. The SMILES string of the molecule is OCC(CO)NC1CCCCC1C1CCCCN1. The van der Waals surface area contributed by atoms with Gasteiger partial charge in [-0.1, -0.05) is 19.3 Å². The Balaban J connectivity index is 1.91. The summed E-state index contributed by atoms with van der Waals surface area (Å²) in [5, 5.41) is 25.6. The minimum Gasteiger partial charge on any atom is -0.395 e. The van der Waals surface area contributed by atoms with Crippen molar-refractivity contribution in [1.29, 1.82) is 0 Å². The van der Waals surface area contributed by atoms with Crippen molar-refractivity contribution in [2.45, 2.75) is 63.1 Å². The molecule has 1 aliphatic carbocycles. The topological polar surface area (TPSA) is 64.5 Å². The van der Waals surface area contributed by atoms with Gasteiger partial charge in [0.15, 0.2) is 0 Å². The van der Waals surface area contributed by atoms with E-state index in [1.54, 1.807) is 0 Å². The summed E-state index contributed by atoms with van der Waals surface area (Å²) in [5.41, 5.74) is 0. The van der Waals surface area contributed by atoms with Crippen molar-refractivity contribution >= 4 is 0 Å². The molecule has 1 aliphatic heterocycles. The van der Waals surface area contributed by atoms with Crippen LogP contribution in [-0.4, -0.2) is 48.1 Å².